The molecule has 0 radical (unpaired) electrons. The van der Waals surface area contributed by atoms with Gasteiger partial charge in [-0.05, 0) is 45.0 Å². The largest absolute Gasteiger partial charge is 0.478 e. The van der Waals surface area contributed by atoms with Crippen LogP contribution in [0.2, 0.25) is 0 Å². The number of carboxylic acids is 1. The van der Waals surface area contributed by atoms with Gasteiger partial charge in [-0.15, -0.1) is 0 Å². The monoisotopic (exact) mass is 307 g/mol. The van der Waals surface area contributed by atoms with E-state index in [1.54, 1.807) is 27.8 Å². The zero-order valence-corrected chi connectivity index (χ0v) is 13.3. The second kappa shape index (κ2) is 7.06. The maximum atomic E-state index is 12.1. The minimum Gasteiger partial charge on any atom is -0.478 e. The molecule has 0 atom stereocenters. The number of carbonyl (C=O) groups excluding carboxylic acids is 2. The van der Waals surface area contributed by atoms with Crippen molar-refractivity contribution in [2.45, 2.75) is 32.8 Å². The van der Waals surface area contributed by atoms with Gasteiger partial charge in [0.15, 0.2) is 0 Å². The van der Waals surface area contributed by atoms with E-state index in [2.05, 4.69) is 0 Å². The Morgan fingerprint density at radius 2 is 1.59 bits per heavy atom. The topological polar surface area (TPSA) is 83.9 Å². The fourth-order valence-electron chi connectivity index (χ4n) is 1.73. The van der Waals surface area contributed by atoms with Gasteiger partial charge in [-0.2, -0.15) is 0 Å². The molecule has 0 spiro atoms. The van der Waals surface area contributed by atoms with Gasteiger partial charge in [0.05, 0.1) is 12.0 Å². The Kier molecular flexibility index (Phi) is 5.68. The van der Waals surface area contributed by atoms with Gasteiger partial charge in [-0.3, -0.25) is 9.59 Å². The fourth-order valence-corrected chi connectivity index (χ4v) is 1.73. The van der Waals surface area contributed by atoms with Crippen LogP contribution in [0.4, 0.5) is 0 Å². The van der Waals surface area contributed by atoms with Gasteiger partial charge in [0.2, 0.25) is 0 Å². The Hall–Kier alpha value is -2.37. The normalized spacial score (nSPS) is 10.9. The summed E-state index contributed by atoms with van der Waals surface area (Å²) >= 11 is 0. The lowest BCUT2D eigenvalue weighted by molar-refractivity contribution is -0.154. The van der Waals surface area contributed by atoms with Crippen molar-refractivity contribution in [2.24, 2.45) is 0 Å². The van der Waals surface area contributed by atoms with E-state index in [1.165, 1.54) is 29.2 Å². The van der Waals surface area contributed by atoms with Crippen molar-refractivity contribution in [2.75, 3.05) is 13.6 Å². The second-order valence-corrected chi connectivity index (χ2v) is 5.95. The number of carbonyl (C=O) groups is 3. The van der Waals surface area contributed by atoms with Crippen molar-refractivity contribution < 1.29 is 24.2 Å². The molecule has 6 nitrogen and oxygen atoms in total. The van der Waals surface area contributed by atoms with Crippen LogP contribution < -0.4 is 0 Å². The van der Waals surface area contributed by atoms with Gasteiger partial charge in [-0.25, -0.2) is 4.79 Å². The molecule has 1 rings (SSSR count). The number of nitrogens with zero attached hydrogens (tertiary/aromatic N) is 1. The number of hydrogen-bond donors (Lipinski definition) is 1. The maximum absolute atomic E-state index is 12.1. The highest BCUT2D eigenvalue weighted by molar-refractivity contribution is 5.95. The van der Waals surface area contributed by atoms with Crippen LogP contribution in [0.15, 0.2) is 24.3 Å². The summed E-state index contributed by atoms with van der Waals surface area (Å²) in [6.07, 6.45) is 0.104. The van der Waals surface area contributed by atoms with Gasteiger partial charge in [0.1, 0.15) is 5.60 Å². The summed E-state index contributed by atoms with van der Waals surface area (Å²) in [4.78, 5) is 35.9. The van der Waals surface area contributed by atoms with E-state index in [4.69, 9.17) is 9.84 Å². The maximum Gasteiger partial charge on any atom is 0.335 e. The Morgan fingerprint density at radius 1 is 1.09 bits per heavy atom. The van der Waals surface area contributed by atoms with Crippen LogP contribution in [0.3, 0.4) is 0 Å². The lowest BCUT2D eigenvalue weighted by Gasteiger charge is -2.21. The van der Waals surface area contributed by atoms with Gasteiger partial charge in [-0.1, -0.05) is 0 Å². The highest BCUT2D eigenvalue weighted by atomic mass is 16.6. The molecule has 0 aliphatic carbocycles. The molecule has 0 aliphatic heterocycles. The van der Waals surface area contributed by atoms with E-state index in [0.29, 0.717) is 5.56 Å². The Morgan fingerprint density at radius 3 is 2.05 bits per heavy atom. The first-order chi connectivity index (χ1) is 10.1. The van der Waals surface area contributed by atoms with Crippen molar-refractivity contribution in [3.8, 4) is 0 Å². The lowest BCUT2D eigenvalue weighted by Crippen LogP contribution is -2.31. The lowest BCUT2D eigenvalue weighted by atomic mass is 10.1. The molecule has 1 aromatic rings. The van der Waals surface area contributed by atoms with Crippen molar-refractivity contribution in [3.05, 3.63) is 35.4 Å². The third kappa shape index (κ3) is 5.55. The van der Waals surface area contributed by atoms with Gasteiger partial charge in [0.25, 0.3) is 5.91 Å². The van der Waals surface area contributed by atoms with Gasteiger partial charge < -0.3 is 14.7 Å². The smallest absolute Gasteiger partial charge is 0.335 e. The quantitative estimate of drug-likeness (QED) is 0.843. The van der Waals surface area contributed by atoms with Crippen LogP contribution in [0, 0.1) is 0 Å². The van der Waals surface area contributed by atoms with E-state index < -0.39 is 11.6 Å². The summed E-state index contributed by atoms with van der Waals surface area (Å²) in [7, 11) is 1.58. The highest BCUT2D eigenvalue weighted by Crippen LogP contribution is 2.10. The van der Waals surface area contributed by atoms with E-state index in [-0.39, 0.29) is 30.4 Å². The summed E-state index contributed by atoms with van der Waals surface area (Å²) in [5.74, 6) is -1.69. The number of ether oxygens (including phenoxy) is 1. The summed E-state index contributed by atoms with van der Waals surface area (Å²) in [6.45, 7) is 5.58. The molecule has 0 heterocycles. The summed E-state index contributed by atoms with van der Waals surface area (Å²) in [5.41, 5.74) is -0.0589. The third-order valence-corrected chi connectivity index (χ3v) is 2.80. The molecule has 1 amide bonds. The number of aromatic carboxylic acids is 1. The molecule has 0 aliphatic rings. The van der Waals surface area contributed by atoms with Crippen molar-refractivity contribution in [1.29, 1.82) is 0 Å². The fraction of sp³-hybridized carbons (Fsp3) is 0.438. The molecule has 0 saturated heterocycles. The summed E-state index contributed by atoms with van der Waals surface area (Å²) in [5, 5.41) is 8.81. The molecular formula is C16H21NO5. The zero-order valence-electron chi connectivity index (χ0n) is 13.3. The number of amides is 1. The first-order valence-electron chi connectivity index (χ1n) is 6.91. The number of carboxylic acid groups (broad SMARTS) is 1. The second-order valence-electron chi connectivity index (χ2n) is 5.95. The molecule has 0 fully saturated rings. The Balaban J connectivity index is 2.58. The molecule has 0 saturated carbocycles. The predicted octanol–water partition coefficient (Wildman–Crippen LogP) is 2.19. The van der Waals surface area contributed by atoms with Crippen LogP contribution in [-0.2, 0) is 9.53 Å². The molecule has 0 unspecified atom stereocenters. The highest BCUT2D eigenvalue weighted by Gasteiger charge is 2.18. The molecule has 0 bridgehead atoms. The van der Waals surface area contributed by atoms with Crippen LogP contribution in [0.1, 0.15) is 47.9 Å². The molecule has 0 aromatic heterocycles. The molecule has 6 heteroatoms. The summed E-state index contributed by atoms with van der Waals surface area (Å²) in [6, 6.07) is 5.65. The van der Waals surface area contributed by atoms with E-state index in [9.17, 15) is 14.4 Å². The number of rotatable bonds is 5. The van der Waals surface area contributed by atoms with Crippen LogP contribution in [0.5, 0.6) is 0 Å². The van der Waals surface area contributed by atoms with Gasteiger partial charge in [0, 0.05) is 19.2 Å². The predicted molar refractivity (Wildman–Crippen MR) is 80.8 cm³/mol. The minimum atomic E-state index is -1.04. The number of esters is 1. The molecule has 120 valence electrons. The molecular weight excluding hydrogens is 286 g/mol. The van der Waals surface area contributed by atoms with E-state index in [0.717, 1.165) is 0 Å². The minimum absolute atomic E-state index is 0.104. The first kappa shape index (κ1) is 17.7. The van der Waals surface area contributed by atoms with Crippen molar-refractivity contribution in [3.63, 3.8) is 0 Å². The first-order valence-corrected chi connectivity index (χ1v) is 6.91. The number of benzene rings is 1. The SMILES string of the molecule is CN(CCC(=O)OC(C)(C)C)C(=O)c1ccc(C(=O)O)cc1. The zero-order chi connectivity index (χ0) is 16.9. The van der Waals surface area contributed by atoms with Crippen LogP contribution >= 0.6 is 0 Å². The number of hydrogen-bond acceptors (Lipinski definition) is 4. The average molecular weight is 307 g/mol. The Bertz CT molecular complexity index is 557. The van der Waals surface area contributed by atoms with Gasteiger partial charge >= 0.3 is 11.9 Å². The van der Waals surface area contributed by atoms with Crippen molar-refractivity contribution >= 4 is 17.8 Å². The molecule has 1 aromatic carbocycles. The summed E-state index contributed by atoms with van der Waals surface area (Å²) < 4.78 is 5.17. The van der Waals surface area contributed by atoms with Crippen LogP contribution in [0.25, 0.3) is 0 Å². The van der Waals surface area contributed by atoms with E-state index >= 15 is 0 Å². The standard InChI is InChI=1S/C16H21NO5/c1-16(2,3)22-13(18)9-10-17(4)14(19)11-5-7-12(8-6-11)15(20)21/h5-8H,9-10H2,1-4H3,(H,20,21). The molecule has 22 heavy (non-hydrogen) atoms. The average Bonchev–Trinajstić information content (AvgIpc) is 2.42. The van der Waals surface area contributed by atoms with Crippen LogP contribution in [-0.4, -0.2) is 47.0 Å². The van der Waals surface area contributed by atoms with Crippen molar-refractivity contribution in [1.82, 2.24) is 4.90 Å². The third-order valence-electron chi connectivity index (χ3n) is 2.80. The Labute approximate surface area is 129 Å². The van der Waals surface area contributed by atoms with E-state index in [1.807, 2.05) is 0 Å². The molecule has 1 N–H and O–H groups in total.